The number of sulfone groups is 2. The fourth-order valence-electron chi connectivity index (χ4n) is 1.50. The highest BCUT2D eigenvalue weighted by atomic mass is 32.2. The van der Waals surface area contributed by atoms with E-state index in [4.69, 9.17) is 0 Å². The number of thiol groups is 1. The van der Waals surface area contributed by atoms with Gasteiger partial charge in [-0.15, -0.1) is 0 Å². The lowest BCUT2D eigenvalue weighted by Crippen LogP contribution is -2.35. The van der Waals surface area contributed by atoms with Gasteiger partial charge in [0.25, 0.3) is 0 Å². The van der Waals surface area contributed by atoms with E-state index >= 15 is 0 Å². The van der Waals surface area contributed by atoms with E-state index in [1.807, 2.05) is 0 Å². The number of amides is 2. The predicted molar refractivity (Wildman–Crippen MR) is 87.0 cm³/mol. The SMILES string of the molecule is CS(=O)(=O)CCCCNC(=O)N(S)CCCCS(C)(=O)=O. The number of nitrogens with one attached hydrogen (secondary N) is 1. The van der Waals surface area contributed by atoms with E-state index < -0.39 is 19.7 Å². The molecule has 7 nitrogen and oxygen atoms in total. The molecule has 0 rings (SSSR count). The van der Waals surface area contributed by atoms with Gasteiger partial charge >= 0.3 is 6.03 Å². The van der Waals surface area contributed by atoms with Crippen LogP contribution in [-0.2, 0) is 19.7 Å². The number of nitrogens with zero attached hydrogens (tertiary/aromatic N) is 1. The quantitative estimate of drug-likeness (QED) is 0.436. The highest BCUT2D eigenvalue weighted by Crippen LogP contribution is 2.01. The summed E-state index contributed by atoms with van der Waals surface area (Å²) in [5.41, 5.74) is 0. The summed E-state index contributed by atoms with van der Waals surface area (Å²) in [5.74, 6) is 0.209. The number of carbonyl (C=O) groups is 1. The van der Waals surface area contributed by atoms with Crippen molar-refractivity contribution in [2.24, 2.45) is 0 Å². The van der Waals surface area contributed by atoms with E-state index in [1.165, 1.54) is 16.8 Å². The van der Waals surface area contributed by atoms with Gasteiger partial charge in [0.2, 0.25) is 0 Å². The van der Waals surface area contributed by atoms with Crippen molar-refractivity contribution in [1.82, 2.24) is 9.62 Å². The van der Waals surface area contributed by atoms with Gasteiger partial charge in [-0.05, 0) is 25.7 Å². The second-order valence-corrected chi connectivity index (χ2v) is 10.0. The molecule has 0 aromatic carbocycles. The molecule has 0 atom stereocenters. The Morgan fingerprint density at radius 3 is 1.90 bits per heavy atom. The molecule has 0 saturated heterocycles. The highest BCUT2D eigenvalue weighted by molar-refractivity contribution is 7.90. The van der Waals surface area contributed by atoms with Crippen molar-refractivity contribution in [1.29, 1.82) is 0 Å². The van der Waals surface area contributed by atoms with Gasteiger partial charge < -0.3 is 5.32 Å². The van der Waals surface area contributed by atoms with Crippen molar-refractivity contribution in [3.05, 3.63) is 0 Å². The molecule has 0 heterocycles. The standard InChI is InChI=1S/C11H24N2O5S3/c1-20(15,16)9-5-3-7-12-11(14)13(19)8-4-6-10-21(2,17)18/h19H,3-10H2,1-2H3,(H,12,14). The van der Waals surface area contributed by atoms with Gasteiger partial charge in [-0.25, -0.2) is 21.6 Å². The Kier molecular flexibility index (Phi) is 9.30. The normalized spacial score (nSPS) is 12.1. The first kappa shape index (κ1) is 20.5. The number of hydrogen-bond acceptors (Lipinski definition) is 6. The lowest BCUT2D eigenvalue weighted by atomic mass is 10.3. The summed E-state index contributed by atoms with van der Waals surface area (Å²) in [6.45, 7) is 0.739. The van der Waals surface area contributed by atoms with Gasteiger partial charge in [0.05, 0.1) is 0 Å². The van der Waals surface area contributed by atoms with E-state index in [-0.39, 0.29) is 17.5 Å². The van der Waals surface area contributed by atoms with E-state index in [0.29, 0.717) is 38.8 Å². The average Bonchev–Trinajstić information content (AvgIpc) is 2.31. The average molecular weight is 361 g/mol. The van der Waals surface area contributed by atoms with Crippen molar-refractivity contribution in [3.63, 3.8) is 0 Å². The summed E-state index contributed by atoms with van der Waals surface area (Å²) in [6.07, 6.45) is 4.47. The molecular formula is C11H24N2O5S3. The van der Waals surface area contributed by atoms with Crippen LogP contribution >= 0.6 is 12.8 Å². The maximum absolute atomic E-state index is 11.6. The molecule has 126 valence electrons. The Labute approximate surface area is 132 Å². The van der Waals surface area contributed by atoms with Gasteiger partial charge in [-0.2, -0.15) is 0 Å². The molecule has 0 bridgehead atoms. The molecule has 10 heteroatoms. The molecule has 0 saturated carbocycles. The molecule has 0 spiro atoms. The topological polar surface area (TPSA) is 101 Å². The maximum atomic E-state index is 11.6. The second-order valence-electron chi connectivity index (χ2n) is 5.03. The summed E-state index contributed by atoms with van der Waals surface area (Å²) in [6, 6.07) is -0.364. The van der Waals surface area contributed by atoms with Crippen LogP contribution in [0.4, 0.5) is 4.79 Å². The molecule has 0 aromatic rings. The summed E-state index contributed by atoms with van der Waals surface area (Å²) in [5, 5.41) is 2.62. The third-order valence-corrected chi connectivity index (χ3v) is 5.03. The van der Waals surface area contributed by atoms with Crippen LogP contribution in [0.1, 0.15) is 25.7 Å². The molecule has 2 amide bonds. The van der Waals surface area contributed by atoms with Gasteiger partial charge in [-0.1, -0.05) is 12.8 Å². The van der Waals surface area contributed by atoms with E-state index in [9.17, 15) is 21.6 Å². The van der Waals surface area contributed by atoms with Gasteiger partial charge in [-0.3, -0.25) is 4.31 Å². The van der Waals surface area contributed by atoms with Crippen LogP contribution in [0, 0.1) is 0 Å². The number of unbranched alkanes of at least 4 members (excludes halogenated alkanes) is 2. The van der Waals surface area contributed by atoms with Crippen LogP contribution in [0.5, 0.6) is 0 Å². The first-order valence-corrected chi connectivity index (χ1v) is 11.1. The molecular weight excluding hydrogens is 336 g/mol. The molecule has 0 aliphatic carbocycles. The first-order chi connectivity index (χ1) is 9.51. The van der Waals surface area contributed by atoms with Crippen LogP contribution in [0.2, 0.25) is 0 Å². The van der Waals surface area contributed by atoms with E-state index in [1.54, 1.807) is 0 Å². The smallest absolute Gasteiger partial charge is 0.327 e. The minimum atomic E-state index is -2.97. The Morgan fingerprint density at radius 1 is 0.952 bits per heavy atom. The number of rotatable bonds is 10. The third-order valence-electron chi connectivity index (χ3n) is 2.59. The van der Waals surface area contributed by atoms with Crippen molar-refractivity contribution >= 4 is 38.5 Å². The summed E-state index contributed by atoms with van der Waals surface area (Å²) in [7, 11) is -5.92. The lowest BCUT2D eigenvalue weighted by molar-refractivity contribution is 0.226. The largest absolute Gasteiger partial charge is 0.337 e. The highest BCUT2D eigenvalue weighted by Gasteiger charge is 2.09. The van der Waals surface area contributed by atoms with Crippen molar-refractivity contribution in [2.75, 3.05) is 37.1 Å². The van der Waals surface area contributed by atoms with E-state index in [0.717, 1.165) is 0 Å². The Morgan fingerprint density at radius 2 is 1.43 bits per heavy atom. The van der Waals surface area contributed by atoms with Crippen LogP contribution in [0.25, 0.3) is 0 Å². The molecule has 0 aliphatic rings. The minimum Gasteiger partial charge on any atom is -0.337 e. The lowest BCUT2D eigenvalue weighted by Gasteiger charge is -2.16. The zero-order chi connectivity index (χ0) is 16.5. The fraction of sp³-hybridized carbons (Fsp3) is 0.909. The van der Waals surface area contributed by atoms with Gasteiger partial charge in [0.15, 0.2) is 0 Å². The zero-order valence-electron chi connectivity index (χ0n) is 12.4. The molecule has 0 radical (unpaired) electrons. The molecule has 1 N–H and O–H groups in total. The third kappa shape index (κ3) is 14.2. The molecule has 21 heavy (non-hydrogen) atoms. The van der Waals surface area contributed by atoms with Crippen LogP contribution < -0.4 is 5.32 Å². The summed E-state index contributed by atoms with van der Waals surface area (Å²) < 4.78 is 44.9. The molecule has 0 aromatic heterocycles. The summed E-state index contributed by atoms with van der Waals surface area (Å²) in [4.78, 5) is 11.6. The van der Waals surface area contributed by atoms with Crippen LogP contribution in [-0.4, -0.2) is 64.3 Å². The monoisotopic (exact) mass is 360 g/mol. The Balaban J connectivity index is 3.71. The maximum Gasteiger partial charge on any atom is 0.327 e. The van der Waals surface area contributed by atoms with Gasteiger partial charge in [0, 0.05) is 37.1 Å². The summed E-state index contributed by atoms with van der Waals surface area (Å²) >= 11 is 4.02. The minimum absolute atomic E-state index is 0.0989. The number of urea groups is 1. The second kappa shape index (κ2) is 9.52. The number of hydrogen-bond donors (Lipinski definition) is 2. The van der Waals surface area contributed by atoms with E-state index in [2.05, 4.69) is 18.1 Å². The Hall–Kier alpha value is -0.480. The molecule has 0 unspecified atom stereocenters. The van der Waals surface area contributed by atoms with Crippen molar-refractivity contribution in [2.45, 2.75) is 25.7 Å². The fourth-order valence-corrected chi connectivity index (χ4v) is 3.17. The number of carbonyl (C=O) groups excluding carboxylic acids is 1. The Bertz CT molecular complexity index is 516. The van der Waals surface area contributed by atoms with Crippen molar-refractivity contribution < 1.29 is 21.6 Å². The van der Waals surface area contributed by atoms with Crippen LogP contribution in [0.3, 0.4) is 0 Å². The van der Waals surface area contributed by atoms with Gasteiger partial charge in [0.1, 0.15) is 19.7 Å². The first-order valence-electron chi connectivity index (χ1n) is 6.61. The van der Waals surface area contributed by atoms with Crippen molar-refractivity contribution in [3.8, 4) is 0 Å². The predicted octanol–water partition coefficient (Wildman–Crippen LogP) is 0.492. The van der Waals surface area contributed by atoms with Crippen LogP contribution in [0.15, 0.2) is 0 Å². The molecule has 0 aliphatic heterocycles. The molecule has 0 fully saturated rings. The zero-order valence-corrected chi connectivity index (χ0v) is 14.9.